The molecule has 1 saturated heterocycles. The normalized spacial score (nSPS) is 16.5. The van der Waals surface area contributed by atoms with Crippen molar-refractivity contribution in [3.8, 4) is 11.5 Å². The van der Waals surface area contributed by atoms with Crippen molar-refractivity contribution in [2.24, 2.45) is 0 Å². The van der Waals surface area contributed by atoms with E-state index in [0.717, 1.165) is 39.6 Å². The third kappa shape index (κ3) is 2.85. The Kier molecular flexibility index (Phi) is 4.02. The standard InChI is InChI=1S/C14H14ClN3O2S2/c15-10-5-9(6-11-12(10)20-8-19-11)7-21-14-17-16-13(22-14)18-3-1-2-4-18/h5-6H,1-4,7-8H2. The Labute approximate surface area is 141 Å². The summed E-state index contributed by atoms with van der Waals surface area (Å²) in [6.45, 7) is 2.43. The van der Waals surface area contributed by atoms with Gasteiger partial charge >= 0.3 is 0 Å². The Balaban J connectivity index is 1.43. The van der Waals surface area contributed by atoms with Crippen LogP contribution in [-0.2, 0) is 5.75 Å². The van der Waals surface area contributed by atoms with Crippen molar-refractivity contribution < 1.29 is 9.47 Å². The first kappa shape index (κ1) is 14.4. The van der Waals surface area contributed by atoms with Crippen molar-refractivity contribution >= 4 is 39.8 Å². The zero-order valence-electron chi connectivity index (χ0n) is 11.7. The molecule has 0 radical (unpaired) electrons. The van der Waals surface area contributed by atoms with E-state index in [-0.39, 0.29) is 6.79 Å². The molecule has 1 aromatic carbocycles. The van der Waals surface area contributed by atoms with E-state index in [1.54, 1.807) is 23.1 Å². The van der Waals surface area contributed by atoms with Crippen molar-refractivity contribution in [2.75, 3.05) is 24.8 Å². The summed E-state index contributed by atoms with van der Waals surface area (Å²) in [6, 6.07) is 3.90. The predicted octanol–water partition coefficient (Wildman–Crippen LogP) is 3.81. The summed E-state index contributed by atoms with van der Waals surface area (Å²) in [5.41, 5.74) is 1.09. The van der Waals surface area contributed by atoms with E-state index in [4.69, 9.17) is 21.1 Å². The number of benzene rings is 1. The SMILES string of the molecule is Clc1cc(CSc2nnc(N3CCCC3)s2)cc2c1OCO2. The molecule has 116 valence electrons. The van der Waals surface area contributed by atoms with Crippen LogP contribution in [0.3, 0.4) is 0 Å². The van der Waals surface area contributed by atoms with Crippen LogP contribution in [0.15, 0.2) is 16.5 Å². The summed E-state index contributed by atoms with van der Waals surface area (Å²) in [7, 11) is 0. The Hall–Kier alpha value is -1.18. The number of aromatic nitrogens is 2. The topological polar surface area (TPSA) is 47.5 Å². The largest absolute Gasteiger partial charge is 0.454 e. The van der Waals surface area contributed by atoms with E-state index in [1.807, 2.05) is 12.1 Å². The van der Waals surface area contributed by atoms with Gasteiger partial charge in [0.15, 0.2) is 15.8 Å². The smallest absolute Gasteiger partial charge is 0.231 e. The van der Waals surface area contributed by atoms with Gasteiger partial charge in [-0.1, -0.05) is 34.7 Å². The van der Waals surface area contributed by atoms with E-state index >= 15 is 0 Å². The average molecular weight is 356 g/mol. The fourth-order valence-electron chi connectivity index (χ4n) is 2.55. The van der Waals surface area contributed by atoms with Gasteiger partial charge in [-0.25, -0.2) is 0 Å². The van der Waals surface area contributed by atoms with Crippen LogP contribution in [0.1, 0.15) is 18.4 Å². The molecule has 0 atom stereocenters. The number of halogens is 1. The fourth-order valence-corrected chi connectivity index (χ4v) is 4.66. The number of fused-ring (bicyclic) bond motifs is 1. The Bertz CT molecular complexity index is 689. The van der Waals surface area contributed by atoms with Gasteiger partial charge in [0.1, 0.15) is 0 Å². The molecule has 0 unspecified atom stereocenters. The molecule has 0 amide bonds. The lowest BCUT2D eigenvalue weighted by Crippen LogP contribution is -2.17. The Morgan fingerprint density at radius 3 is 2.95 bits per heavy atom. The Morgan fingerprint density at radius 1 is 1.23 bits per heavy atom. The summed E-state index contributed by atoms with van der Waals surface area (Å²) in [6.07, 6.45) is 2.50. The van der Waals surface area contributed by atoms with Crippen LogP contribution < -0.4 is 14.4 Å². The van der Waals surface area contributed by atoms with Gasteiger partial charge in [0.2, 0.25) is 11.9 Å². The zero-order valence-corrected chi connectivity index (χ0v) is 14.1. The number of hydrogen-bond acceptors (Lipinski definition) is 7. The van der Waals surface area contributed by atoms with Gasteiger partial charge in [-0.05, 0) is 30.5 Å². The highest BCUT2D eigenvalue weighted by Crippen LogP contribution is 2.41. The predicted molar refractivity (Wildman–Crippen MR) is 88.5 cm³/mol. The van der Waals surface area contributed by atoms with Crippen LogP contribution in [0.4, 0.5) is 5.13 Å². The van der Waals surface area contributed by atoms with Crippen molar-refractivity contribution in [3.05, 3.63) is 22.7 Å². The van der Waals surface area contributed by atoms with Crippen LogP contribution in [-0.4, -0.2) is 30.1 Å². The van der Waals surface area contributed by atoms with Gasteiger partial charge < -0.3 is 14.4 Å². The van der Waals surface area contributed by atoms with Crippen molar-refractivity contribution in [1.82, 2.24) is 10.2 Å². The molecule has 0 aliphatic carbocycles. The van der Waals surface area contributed by atoms with E-state index in [1.165, 1.54) is 12.8 Å². The maximum absolute atomic E-state index is 6.20. The highest BCUT2D eigenvalue weighted by Gasteiger charge is 2.19. The molecule has 2 aromatic rings. The number of rotatable bonds is 4. The molecule has 0 N–H and O–H groups in total. The molecule has 0 saturated carbocycles. The zero-order chi connectivity index (χ0) is 14.9. The maximum atomic E-state index is 6.20. The molecule has 3 heterocycles. The van der Waals surface area contributed by atoms with Crippen LogP contribution >= 0.6 is 34.7 Å². The van der Waals surface area contributed by atoms with Crippen LogP contribution in [0.5, 0.6) is 11.5 Å². The molecule has 5 nitrogen and oxygen atoms in total. The second-order valence-electron chi connectivity index (χ2n) is 5.14. The first-order valence-electron chi connectivity index (χ1n) is 7.09. The monoisotopic (exact) mass is 355 g/mol. The van der Waals surface area contributed by atoms with Crippen LogP contribution in [0.25, 0.3) is 0 Å². The molecule has 4 rings (SSSR count). The molecule has 0 spiro atoms. The van der Waals surface area contributed by atoms with Gasteiger partial charge in [0, 0.05) is 18.8 Å². The quantitative estimate of drug-likeness (QED) is 0.777. The first-order chi connectivity index (χ1) is 10.8. The lowest BCUT2D eigenvalue weighted by Gasteiger charge is -2.10. The summed E-state index contributed by atoms with van der Waals surface area (Å²) >= 11 is 9.53. The summed E-state index contributed by atoms with van der Waals surface area (Å²) in [4.78, 5) is 2.30. The molecule has 22 heavy (non-hydrogen) atoms. The van der Waals surface area contributed by atoms with E-state index in [0.29, 0.717) is 10.8 Å². The molecule has 1 fully saturated rings. The Morgan fingerprint density at radius 2 is 2.09 bits per heavy atom. The third-order valence-corrected chi connectivity index (χ3v) is 6.09. The van der Waals surface area contributed by atoms with Gasteiger partial charge in [-0.3, -0.25) is 0 Å². The molecule has 0 bridgehead atoms. The van der Waals surface area contributed by atoms with Crippen molar-refractivity contribution in [1.29, 1.82) is 0 Å². The average Bonchev–Trinajstić information content (AvgIpc) is 3.25. The molecular weight excluding hydrogens is 342 g/mol. The fraction of sp³-hybridized carbons (Fsp3) is 0.429. The summed E-state index contributed by atoms with van der Waals surface area (Å²) < 4.78 is 11.7. The molecule has 1 aromatic heterocycles. The van der Waals surface area contributed by atoms with Gasteiger partial charge in [0.25, 0.3) is 0 Å². The molecular formula is C14H14ClN3O2S2. The van der Waals surface area contributed by atoms with Crippen LogP contribution in [0.2, 0.25) is 5.02 Å². The minimum absolute atomic E-state index is 0.237. The van der Waals surface area contributed by atoms with E-state index < -0.39 is 0 Å². The highest BCUT2D eigenvalue weighted by atomic mass is 35.5. The second kappa shape index (κ2) is 6.14. The summed E-state index contributed by atoms with van der Waals surface area (Å²) in [5, 5.41) is 10.2. The molecule has 8 heteroatoms. The number of anilines is 1. The lowest BCUT2D eigenvalue weighted by molar-refractivity contribution is 0.174. The lowest BCUT2D eigenvalue weighted by atomic mass is 10.2. The third-order valence-electron chi connectivity index (χ3n) is 3.62. The maximum Gasteiger partial charge on any atom is 0.231 e. The van der Waals surface area contributed by atoms with Gasteiger partial charge in [-0.2, -0.15) is 0 Å². The summed E-state index contributed by atoms with van der Waals surface area (Å²) in [5.74, 6) is 2.14. The van der Waals surface area contributed by atoms with Crippen molar-refractivity contribution in [2.45, 2.75) is 22.9 Å². The number of thioether (sulfide) groups is 1. The second-order valence-corrected chi connectivity index (χ2v) is 7.73. The first-order valence-corrected chi connectivity index (χ1v) is 9.27. The molecule has 2 aliphatic heterocycles. The highest BCUT2D eigenvalue weighted by molar-refractivity contribution is 8.00. The minimum Gasteiger partial charge on any atom is -0.454 e. The van der Waals surface area contributed by atoms with Crippen molar-refractivity contribution in [3.63, 3.8) is 0 Å². The van der Waals surface area contributed by atoms with Gasteiger partial charge in [0.05, 0.1) is 5.02 Å². The molecule has 2 aliphatic rings. The van der Waals surface area contributed by atoms with Gasteiger partial charge in [-0.15, -0.1) is 10.2 Å². The number of hydrogen-bond donors (Lipinski definition) is 0. The number of ether oxygens (including phenoxy) is 2. The number of nitrogens with zero attached hydrogens (tertiary/aromatic N) is 3. The minimum atomic E-state index is 0.237. The van der Waals surface area contributed by atoms with E-state index in [2.05, 4.69) is 15.1 Å². The van der Waals surface area contributed by atoms with Crippen LogP contribution in [0, 0.1) is 0 Å². The van der Waals surface area contributed by atoms with E-state index in [9.17, 15) is 0 Å².